The number of rotatable bonds is 6. The number of carbonyl (C=O) groups excluding carboxylic acids is 2. The van der Waals surface area contributed by atoms with Crippen molar-refractivity contribution in [1.82, 2.24) is 41.2 Å². The quantitative estimate of drug-likeness (QED) is 0.106. The third-order valence-corrected chi connectivity index (χ3v) is 12.1. The van der Waals surface area contributed by atoms with Gasteiger partial charge in [0.05, 0.1) is 0 Å². The van der Waals surface area contributed by atoms with Gasteiger partial charge in [-0.15, -0.1) is 0 Å². The molecule has 58 heavy (non-hydrogen) atoms. The van der Waals surface area contributed by atoms with Crippen molar-refractivity contribution in [2.75, 3.05) is 13.1 Å². The molecule has 0 spiro atoms. The van der Waals surface area contributed by atoms with Crippen LogP contribution in [-0.4, -0.2) is 81.2 Å². The minimum atomic E-state index is -0.532. The molecule has 300 valence electrons. The van der Waals surface area contributed by atoms with E-state index in [2.05, 4.69) is 55.1 Å². The molecule has 2 fully saturated rings. The normalized spacial score (nSPS) is 23.6. The van der Waals surface area contributed by atoms with Crippen LogP contribution in [0.25, 0.3) is 44.3 Å². The van der Waals surface area contributed by atoms with E-state index < -0.39 is 12.2 Å². The van der Waals surface area contributed by atoms with Gasteiger partial charge in [0.2, 0.25) is 0 Å². The van der Waals surface area contributed by atoms with Crippen molar-refractivity contribution >= 4 is 57.1 Å². The summed E-state index contributed by atoms with van der Waals surface area (Å²) in [5.74, 6) is 1.37. The SMILES string of the molecule is C[C@@H]1C[C@H](NC(=O)[C@@H]2Cc3cc(Cl)cc(-c4ccnc5[nH]ccc45)c3O2)CCN1.C[C@@H]1C[C@H](NC(=O)[C@H]2Cc3cc(Cl)cc(-c4ccnc5[nH]ccc45)c3O2)CCN1. The van der Waals surface area contributed by atoms with E-state index in [1.165, 1.54) is 0 Å². The number of nitrogens with zero attached hydrogens (tertiary/aromatic N) is 2. The van der Waals surface area contributed by atoms with E-state index in [0.29, 0.717) is 35.0 Å². The summed E-state index contributed by atoms with van der Waals surface area (Å²) >= 11 is 12.8. The number of benzene rings is 2. The molecule has 0 radical (unpaired) electrons. The van der Waals surface area contributed by atoms with Gasteiger partial charge in [0.25, 0.3) is 11.8 Å². The first-order valence-corrected chi connectivity index (χ1v) is 20.8. The highest BCUT2D eigenvalue weighted by Gasteiger charge is 2.35. The molecule has 12 nitrogen and oxygen atoms in total. The van der Waals surface area contributed by atoms with Crippen LogP contribution >= 0.6 is 23.2 Å². The van der Waals surface area contributed by atoms with E-state index in [1.807, 2.05) is 60.9 Å². The first kappa shape index (κ1) is 38.4. The van der Waals surface area contributed by atoms with Crippen LogP contribution in [0.2, 0.25) is 10.0 Å². The van der Waals surface area contributed by atoms with Crippen molar-refractivity contribution in [3.63, 3.8) is 0 Å². The fourth-order valence-electron chi connectivity index (χ4n) is 8.85. The number of piperidine rings is 2. The fraction of sp³-hybridized carbons (Fsp3) is 0.364. The summed E-state index contributed by atoms with van der Waals surface area (Å²) < 4.78 is 12.4. The highest BCUT2D eigenvalue weighted by Crippen LogP contribution is 2.44. The van der Waals surface area contributed by atoms with Gasteiger partial charge in [0.15, 0.2) is 12.2 Å². The molecule has 8 heterocycles. The number of H-pyrrole nitrogens is 2. The zero-order valence-electron chi connectivity index (χ0n) is 32.3. The number of halogens is 2. The van der Waals surface area contributed by atoms with Crippen molar-refractivity contribution in [2.45, 2.75) is 88.7 Å². The minimum Gasteiger partial charge on any atom is -0.479 e. The van der Waals surface area contributed by atoms with Gasteiger partial charge in [-0.1, -0.05) is 23.2 Å². The maximum Gasteiger partial charge on any atom is 0.261 e. The predicted molar refractivity (Wildman–Crippen MR) is 227 cm³/mol. The minimum absolute atomic E-state index is 0.0520. The van der Waals surface area contributed by atoms with Crippen molar-refractivity contribution in [1.29, 1.82) is 0 Å². The summed E-state index contributed by atoms with van der Waals surface area (Å²) in [7, 11) is 0. The molecular weight excluding hydrogens is 775 g/mol. The van der Waals surface area contributed by atoms with Gasteiger partial charge in [-0.25, -0.2) is 9.97 Å². The highest BCUT2D eigenvalue weighted by atomic mass is 35.5. The van der Waals surface area contributed by atoms with Crippen LogP contribution < -0.4 is 30.7 Å². The number of nitrogens with one attached hydrogen (secondary N) is 6. The van der Waals surface area contributed by atoms with Gasteiger partial charge in [-0.2, -0.15) is 0 Å². The molecule has 0 saturated carbocycles. The number of ether oxygens (including phenoxy) is 2. The number of carbonyl (C=O) groups is 2. The lowest BCUT2D eigenvalue weighted by Crippen LogP contribution is -2.49. The standard InChI is InChI=1S/2C22H23ClN4O2/c2*1-12-8-15(2-5-24-12)27-22(28)19-10-13-9-14(23)11-18(20(13)29-19)16-3-6-25-21-17(16)4-7-26-21/h2*3-4,6-7,9,11-12,15,19,24H,2,5,8,10H2,1H3,(H,25,26)(H,27,28)/t12-,15-,19+;12-,15-,19-/m11/s1. The Kier molecular flexibility index (Phi) is 10.8. The number of pyridine rings is 2. The molecule has 10 rings (SSSR count). The molecule has 4 aromatic heterocycles. The highest BCUT2D eigenvalue weighted by molar-refractivity contribution is 6.31. The van der Waals surface area contributed by atoms with Crippen LogP contribution in [0.1, 0.15) is 50.7 Å². The zero-order chi connectivity index (χ0) is 39.9. The van der Waals surface area contributed by atoms with Crippen molar-refractivity contribution in [3.05, 3.63) is 94.5 Å². The van der Waals surface area contributed by atoms with Crippen molar-refractivity contribution < 1.29 is 19.1 Å². The van der Waals surface area contributed by atoms with Gasteiger partial charge in [0.1, 0.15) is 22.8 Å². The van der Waals surface area contributed by atoms with Gasteiger partial charge >= 0.3 is 0 Å². The summed E-state index contributed by atoms with van der Waals surface area (Å²) in [6.07, 6.45) is 11.0. The van der Waals surface area contributed by atoms with Crippen LogP contribution in [0.5, 0.6) is 11.5 Å². The molecular formula is C44H46Cl2N8O4. The van der Waals surface area contributed by atoms with Crippen LogP contribution in [0.15, 0.2) is 73.3 Å². The summed E-state index contributed by atoms with van der Waals surface area (Å²) in [4.78, 5) is 40.8. The Morgan fingerprint density at radius 3 is 1.53 bits per heavy atom. The lowest BCUT2D eigenvalue weighted by atomic mass is 9.98. The molecule has 2 amide bonds. The summed E-state index contributed by atoms with van der Waals surface area (Å²) in [6, 6.07) is 16.7. The Morgan fingerprint density at radius 2 is 1.10 bits per heavy atom. The molecule has 2 aromatic carbocycles. The summed E-state index contributed by atoms with van der Waals surface area (Å²) in [5, 5.41) is 16.4. The Labute approximate surface area is 346 Å². The number of amides is 2. The van der Waals surface area contributed by atoms with Crippen LogP contribution in [0, 0.1) is 0 Å². The molecule has 0 unspecified atom stereocenters. The monoisotopic (exact) mass is 820 g/mol. The van der Waals surface area contributed by atoms with Crippen LogP contribution in [0.4, 0.5) is 0 Å². The summed E-state index contributed by atoms with van der Waals surface area (Å²) in [6.45, 7) is 6.13. The largest absolute Gasteiger partial charge is 0.479 e. The van der Waals surface area contributed by atoms with Gasteiger partial charge in [-0.3, -0.25) is 9.59 Å². The first-order valence-electron chi connectivity index (χ1n) is 20.1. The van der Waals surface area contributed by atoms with Crippen molar-refractivity contribution in [2.24, 2.45) is 0 Å². The van der Waals surface area contributed by atoms with Crippen molar-refractivity contribution in [3.8, 4) is 33.8 Å². The smallest absolute Gasteiger partial charge is 0.261 e. The van der Waals surface area contributed by atoms with Gasteiger partial charge in [0, 0.05) is 105 Å². The number of hydrogen-bond donors (Lipinski definition) is 6. The second-order valence-corrected chi connectivity index (χ2v) is 16.7. The van der Waals surface area contributed by atoms with E-state index in [4.69, 9.17) is 32.7 Å². The Morgan fingerprint density at radius 1 is 0.655 bits per heavy atom. The second-order valence-electron chi connectivity index (χ2n) is 15.9. The molecule has 14 heteroatoms. The third kappa shape index (κ3) is 7.86. The average molecular weight is 822 g/mol. The van der Waals surface area contributed by atoms with Gasteiger partial charge in [-0.05, 0) is 112 Å². The first-order chi connectivity index (χ1) is 28.2. The molecule has 6 aromatic rings. The van der Waals surface area contributed by atoms with E-state index in [0.717, 1.165) is 106 Å². The molecule has 0 aliphatic carbocycles. The maximum absolute atomic E-state index is 12.9. The molecule has 2 saturated heterocycles. The Hall–Kier alpha value is -5.14. The number of hydrogen-bond acceptors (Lipinski definition) is 8. The Bertz CT molecular complexity index is 2330. The summed E-state index contributed by atoms with van der Waals surface area (Å²) in [5.41, 5.74) is 7.31. The lowest BCUT2D eigenvalue weighted by molar-refractivity contribution is -0.128. The fourth-order valence-corrected chi connectivity index (χ4v) is 9.33. The average Bonchev–Trinajstić information content (AvgIpc) is 4.03. The van der Waals surface area contributed by atoms with E-state index in [-0.39, 0.29) is 23.9 Å². The number of aromatic amines is 2. The molecule has 0 bridgehead atoms. The van der Waals surface area contributed by atoms with E-state index in [9.17, 15) is 9.59 Å². The molecule has 6 atom stereocenters. The molecule has 4 aliphatic rings. The van der Waals surface area contributed by atoms with Crippen LogP contribution in [0.3, 0.4) is 0 Å². The Balaban J connectivity index is 0.000000150. The lowest BCUT2D eigenvalue weighted by Gasteiger charge is -2.29. The molecule has 4 aliphatic heterocycles. The maximum atomic E-state index is 12.9. The van der Waals surface area contributed by atoms with Crippen LogP contribution in [-0.2, 0) is 22.4 Å². The van der Waals surface area contributed by atoms with E-state index >= 15 is 0 Å². The number of aromatic nitrogens is 4. The predicted octanol–water partition coefficient (Wildman–Crippen LogP) is 6.89. The van der Waals surface area contributed by atoms with Gasteiger partial charge < -0.3 is 40.7 Å². The number of fused-ring (bicyclic) bond motifs is 4. The zero-order valence-corrected chi connectivity index (χ0v) is 33.8. The second kappa shape index (κ2) is 16.2. The topological polar surface area (TPSA) is 158 Å². The third-order valence-electron chi connectivity index (χ3n) is 11.6. The van der Waals surface area contributed by atoms with E-state index in [1.54, 1.807) is 12.4 Å². The molecule has 6 N–H and O–H groups in total.